The van der Waals surface area contributed by atoms with Crippen molar-refractivity contribution in [2.75, 3.05) is 13.2 Å². The fraction of sp³-hybridized carbons (Fsp3) is 0.160. The highest BCUT2D eigenvalue weighted by Gasteiger charge is 2.15. The molecule has 0 atom stereocenters. The van der Waals surface area contributed by atoms with Crippen LogP contribution in [-0.2, 0) is 4.79 Å². The standard InChI is InChI=1S/C25H24N4O2/c1-3-13-27-25(30)20(17-26)15-21-18-29(22-10-6-5-7-11-22)28-24(21)19-9-8-12-23(16-19)31-14-4-2/h3,5-12,15-16,18H,1,4,13-14H2,2H3,(H,27,30)/b20-15-. The lowest BCUT2D eigenvalue weighted by atomic mass is 10.1. The lowest BCUT2D eigenvalue weighted by Gasteiger charge is -2.06. The van der Waals surface area contributed by atoms with Gasteiger partial charge in [-0.25, -0.2) is 4.68 Å². The van der Waals surface area contributed by atoms with Crippen molar-refractivity contribution in [3.05, 3.63) is 84.6 Å². The Hall–Kier alpha value is -4.11. The highest BCUT2D eigenvalue weighted by Crippen LogP contribution is 2.28. The van der Waals surface area contributed by atoms with Crippen molar-refractivity contribution < 1.29 is 9.53 Å². The molecular weight excluding hydrogens is 388 g/mol. The Bertz CT molecular complexity index is 1120. The van der Waals surface area contributed by atoms with Crippen LogP contribution in [0.1, 0.15) is 18.9 Å². The molecule has 3 aromatic rings. The van der Waals surface area contributed by atoms with Crippen molar-refractivity contribution in [1.82, 2.24) is 15.1 Å². The molecule has 1 amide bonds. The monoisotopic (exact) mass is 412 g/mol. The van der Waals surface area contributed by atoms with Gasteiger partial charge in [0.15, 0.2) is 0 Å². The highest BCUT2D eigenvalue weighted by molar-refractivity contribution is 6.02. The number of ether oxygens (including phenoxy) is 1. The molecule has 0 bridgehead atoms. The molecular formula is C25H24N4O2. The average molecular weight is 412 g/mol. The summed E-state index contributed by atoms with van der Waals surface area (Å²) in [7, 11) is 0. The van der Waals surface area contributed by atoms with Crippen molar-refractivity contribution in [3.63, 3.8) is 0 Å². The molecule has 0 saturated carbocycles. The maximum Gasteiger partial charge on any atom is 0.262 e. The lowest BCUT2D eigenvalue weighted by Crippen LogP contribution is -2.24. The zero-order valence-electron chi connectivity index (χ0n) is 17.4. The van der Waals surface area contributed by atoms with Gasteiger partial charge in [-0.05, 0) is 36.8 Å². The van der Waals surface area contributed by atoms with Crippen LogP contribution in [0.3, 0.4) is 0 Å². The Morgan fingerprint density at radius 1 is 1.26 bits per heavy atom. The van der Waals surface area contributed by atoms with Crippen LogP contribution in [-0.4, -0.2) is 28.8 Å². The van der Waals surface area contributed by atoms with E-state index in [1.807, 2.05) is 66.9 Å². The number of para-hydroxylation sites is 1. The quantitative estimate of drug-likeness (QED) is 0.318. The largest absolute Gasteiger partial charge is 0.494 e. The van der Waals surface area contributed by atoms with Gasteiger partial charge in [0.05, 0.1) is 12.3 Å². The van der Waals surface area contributed by atoms with Gasteiger partial charge in [-0.1, -0.05) is 43.3 Å². The van der Waals surface area contributed by atoms with E-state index in [2.05, 4.69) is 18.8 Å². The Balaban J connectivity index is 2.08. The number of rotatable bonds is 9. The second-order valence-electron chi connectivity index (χ2n) is 6.76. The van der Waals surface area contributed by atoms with Gasteiger partial charge in [-0.3, -0.25) is 4.79 Å². The molecule has 6 nitrogen and oxygen atoms in total. The van der Waals surface area contributed by atoms with Crippen LogP contribution in [0.15, 0.2) is 79.0 Å². The molecule has 0 saturated heterocycles. The molecule has 31 heavy (non-hydrogen) atoms. The van der Waals surface area contributed by atoms with Crippen LogP contribution in [0.2, 0.25) is 0 Å². The minimum Gasteiger partial charge on any atom is -0.494 e. The Morgan fingerprint density at radius 2 is 2.06 bits per heavy atom. The third-order valence-electron chi connectivity index (χ3n) is 4.42. The molecule has 2 aromatic carbocycles. The predicted octanol–water partition coefficient (Wildman–Crippen LogP) is 4.54. The smallest absolute Gasteiger partial charge is 0.262 e. The molecule has 156 valence electrons. The summed E-state index contributed by atoms with van der Waals surface area (Å²) >= 11 is 0. The SMILES string of the molecule is C=CCNC(=O)/C(C#N)=C\c1cn(-c2ccccc2)nc1-c1cccc(OCCC)c1. The molecule has 3 rings (SSSR count). The van der Waals surface area contributed by atoms with Gasteiger partial charge in [0.25, 0.3) is 5.91 Å². The molecule has 0 aliphatic heterocycles. The van der Waals surface area contributed by atoms with Crippen molar-refractivity contribution in [2.45, 2.75) is 13.3 Å². The summed E-state index contributed by atoms with van der Waals surface area (Å²) in [6, 6.07) is 19.3. The first-order chi connectivity index (χ1) is 15.2. The number of aromatic nitrogens is 2. The zero-order valence-corrected chi connectivity index (χ0v) is 17.4. The molecule has 0 unspecified atom stereocenters. The molecule has 0 aliphatic carbocycles. The molecule has 0 fully saturated rings. The van der Waals surface area contributed by atoms with Gasteiger partial charge in [-0.15, -0.1) is 6.58 Å². The molecule has 6 heteroatoms. The second-order valence-corrected chi connectivity index (χ2v) is 6.76. The second kappa shape index (κ2) is 10.6. The molecule has 1 N–H and O–H groups in total. The van der Waals surface area contributed by atoms with E-state index in [4.69, 9.17) is 9.84 Å². The average Bonchev–Trinajstić information content (AvgIpc) is 3.24. The van der Waals surface area contributed by atoms with Crippen molar-refractivity contribution in [1.29, 1.82) is 5.26 Å². The van der Waals surface area contributed by atoms with Crippen molar-refractivity contribution in [3.8, 4) is 28.8 Å². The third kappa shape index (κ3) is 5.49. The van der Waals surface area contributed by atoms with Gasteiger partial charge in [0.2, 0.25) is 0 Å². The number of hydrogen-bond donors (Lipinski definition) is 1. The van der Waals surface area contributed by atoms with E-state index in [9.17, 15) is 10.1 Å². The fourth-order valence-corrected chi connectivity index (χ4v) is 2.95. The van der Waals surface area contributed by atoms with E-state index >= 15 is 0 Å². The molecule has 0 aliphatic rings. The first kappa shape index (κ1) is 21.6. The maximum atomic E-state index is 12.3. The highest BCUT2D eigenvalue weighted by atomic mass is 16.5. The van der Waals surface area contributed by atoms with Gasteiger partial charge in [0, 0.05) is 23.9 Å². The molecule has 0 spiro atoms. The zero-order chi connectivity index (χ0) is 22.1. The van der Waals surface area contributed by atoms with E-state index in [0.29, 0.717) is 17.9 Å². The van der Waals surface area contributed by atoms with Crippen LogP contribution >= 0.6 is 0 Å². The summed E-state index contributed by atoms with van der Waals surface area (Å²) in [5.74, 6) is 0.286. The first-order valence-electron chi connectivity index (χ1n) is 10.1. The molecule has 1 aromatic heterocycles. The number of carbonyl (C=O) groups is 1. The summed E-state index contributed by atoms with van der Waals surface area (Å²) < 4.78 is 7.49. The van der Waals surface area contributed by atoms with E-state index in [-0.39, 0.29) is 12.1 Å². The number of nitriles is 1. The number of amides is 1. The minimum absolute atomic E-state index is 0.00546. The number of nitrogens with zero attached hydrogens (tertiary/aromatic N) is 3. The summed E-state index contributed by atoms with van der Waals surface area (Å²) in [5, 5.41) is 16.9. The van der Waals surface area contributed by atoms with E-state index < -0.39 is 5.91 Å². The fourth-order valence-electron chi connectivity index (χ4n) is 2.95. The van der Waals surface area contributed by atoms with E-state index in [1.54, 1.807) is 16.8 Å². The van der Waals surface area contributed by atoms with Gasteiger partial charge in [0.1, 0.15) is 23.1 Å². The Morgan fingerprint density at radius 3 is 2.77 bits per heavy atom. The summed E-state index contributed by atoms with van der Waals surface area (Å²) in [6.45, 7) is 6.53. The number of benzene rings is 2. The predicted molar refractivity (Wildman–Crippen MR) is 122 cm³/mol. The van der Waals surface area contributed by atoms with Gasteiger partial charge in [-0.2, -0.15) is 10.4 Å². The third-order valence-corrected chi connectivity index (χ3v) is 4.42. The summed E-state index contributed by atoms with van der Waals surface area (Å²) in [6.07, 6.45) is 5.84. The van der Waals surface area contributed by atoms with E-state index in [0.717, 1.165) is 23.4 Å². The van der Waals surface area contributed by atoms with Gasteiger partial charge >= 0.3 is 0 Å². The van der Waals surface area contributed by atoms with Crippen LogP contribution in [0.25, 0.3) is 23.0 Å². The van der Waals surface area contributed by atoms with Crippen LogP contribution in [0.5, 0.6) is 5.75 Å². The number of carbonyl (C=O) groups excluding carboxylic acids is 1. The van der Waals surface area contributed by atoms with Crippen LogP contribution in [0.4, 0.5) is 0 Å². The Kier molecular flexibility index (Phi) is 7.39. The number of nitrogens with one attached hydrogen (secondary N) is 1. The summed E-state index contributed by atoms with van der Waals surface area (Å²) in [5.41, 5.74) is 3.00. The van der Waals surface area contributed by atoms with Gasteiger partial charge < -0.3 is 10.1 Å². The van der Waals surface area contributed by atoms with E-state index in [1.165, 1.54) is 0 Å². The van der Waals surface area contributed by atoms with Crippen LogP contribution < -0.4 is 10.1 Å². The summed E-state index contributed by atoms with van der Waals surface area (Å²) in [4.78, 5) is 12.3. The van der Waals surface area contributed by atoms with Crippen molar-refractivity contribution >= 4 is 12.0 Å². The number of hydrogen-bond acceptors (Lipinski definition) is 4. The minimum atomic E-state index is -0.458. The molecule has 1 heterocycles. The van der Waals surface area contributed by atoms with Crippen molar-refractivity contribution in [2.24, 2.45) is 0 Å². The first-order valence-corrected chi connectivity index (χ1v) is 10.1. The Labute approximate surface area is 182 Å². The molecule has 0 radical (unpaired) electrons. The maximum absolute atomic E-state index is 12.3. The topological polar surface area (TPSA) is 79.9 Å². The normalized spacial score (nSPS) is 10.9. The van der Waals surface area contributed by atoms with Crippen LogP contribution in [0, 0.1) is 11.3 Å². The lowest BCUT2D eigenvalue weighted by molar-refractivity contribution is -0.116.